The number of rotatable bonds is 8. The Hall–Kier alpha value is -3.71. The van der Waals surface area contributed by atoms with Crippen molar-refractivity contribution in [1.82, 2.24) is 5.32 Å². The number of carbonyl (C=O) groups is 2. The first kappa shape index (κ1) is 24.9. The van der Waals surface area contributed by atoms with Crippen molar-refractivity contribution in [2.75, 3.05) is 23.9 Å². The predicted molar refractivity (Wildman–Crippen MR) is 141 cm³/mol. The molecular weight excluding hydrogens is 446 g/mol. The number of ether oxygens (including phenoxy) is 1. The first-order valence-corrected chi connectivity index (χ1v) is 11.5. The van der Waals surface area contributed by atoms with Gasteiger partial charge in [-0.05, 0) is 79.2 Å². The van der Waals surface area contributed by atoms with Crippen LogP contribution in [0.4, 0.5) is 11.4 Å². The van der Waals surface area contributed by atoms with E-state index in [4.69, 9.17) is 17.0 Å². The minimum atomic E-state index is -0.330. The van der Waals surface area contributed by atoms with Gasteiger partial charge in [-0.2, -0.15) is 0 Å². The predicted octanol–water partition coefficient (Wildman–Crippen LogP) is 5.51. The molecule has 6 nitrogen and oxygen atoms in total. The molecule has 0 atom stereocenters. The second-order valence-electron chi connectivity index (χ2n) is 8.24. The summed E-state index contributed by atoms with van der Waals surface area (Å²) in [7, 11) is 1.73. The molecule has 3 aromatic carbocycles. The van der Waals surface area contributed by atoms with Crippen LogP contribution in [0.15, 0.2) is 78.9 Å². The molecule has 34 heavy (non-hydrogen) atoms. The van der Waals surface area contributed by atoms with Crippen molar-refractivity contribution < 1.29 is 14.3 Å². The molecule has 176 valence electrons. The zero-order chi connectivity index (χ0) is 24.5. The van der Waals surface area contributed by atoms with Crippen LogP contribution in [-0.4, -0.2) is 30.6 Å². The van der Waals surface area contributed by atoms with E-state index >= 15 is 0 Å². The zero-order valence-electron chi connectivity index (χ0n) is 19.6. The van der Waals surface area contributed by atoms with Crippen molar-refractivity contribution in [3.8, 4) is 5.75 Å². The third-order valence-electron chi connectivity index (χ3n) is 5.13. The summed E-state index contributed by atoms with van der Waals surface area (Å²) in [4.78, 5) is 26.9. The number of carbonyl (C=O) groups excluding carboxylic acids is 2. The molecule has 3 rings (SSSR count). The molecule has 0 unspecified atom stereocenters. The second kappa shape index (κ2) is 12.0. The molecule has 0 radical (unpaired) electrons. The van der Waals surface area contributed by atoms with Crippen LogP contribution in [0.2, 0.25) is 0 Å². The Bertz CT molecular complexity index is 1130. The summed E-state index contributed by atoms with van der Waals surface area (Å²) >= 11 is 5.28. The number of hydrogen-bond acceptors (Lipinski definition) is 4. The summed E-state index contributed by atoms with van der Waals surface area (Å²) in [6.07, 6.45) is 0.942. The van der Waals surface area contributed by atoms with E-state index in [0.717, 1.165) is 12.1 Å². The molecule has 7 heteroatoms. The standard InChI is InChI=1S/C27H29N3O3S/c1-19(2)16-17-33-24-11-7-8-21(18-24)25(31)29-27(34)28-22-14-12-20(13-15-22)26(32)30(3)23-9-5-4-6-10-23/h4-15,18-19H,16-17H2,1-3H3,(H2,28,29,31,34). The fraction of sp³-hybridized carbons (Fsp3) is 0.222. The van der Waals surface area contributed by atoms with Gasteiger partial charge in [0.1, 0.15) is 5.75 Å². The quantitative estimate of drug-likeness (QED) is 0.420. The number of nitrogens with one attached hydrogen (secondary N) is 2. The average molecular weight is 476 g/mol. The van der Waals surface area contributed by atoms with Crippen LogP contribution in [0.25, 0.3) is 0 Å². The molecule has 2 amide bonds. The van der Waals surface area contributed by atoms with E-state index in [1.165, 1.54) is 0 Å². The molecule has 0 aliphatic heterocycles. The van der Waals surface area contributed by atoms with Crippen molar-refractivity contribution in [2.24, 2.45) is 5.92 Å². The maximum absolute atomic E-state index is 12.7. The lowest BCUT2D eigenvalue weighted by Crippen LogP contribution is -2.34. The molecule has 2 N–H and O–H groups in total. The largest absolute Gasteiger partial charge is 0.494 e. The van der Waals surface area contributed by atoms with Crippen LogP contribution >= 0.6 is 12.2 Å². The zero-order valence-corrected chi connectivity index (χ0v) is 20.4. The fourth-order valence-electron chi connectivity index (χ4n) is 3.14. The maximum atomic E-state index is 12.7. The van der Waals surface area contributed by atoms with E-state index in [9.17, 15) is 9.59 Å². The molecule has 0 bridgehead atoms. The molecule has 0 spiro atoms. The fourth-order valence-corrected chi connectivity index (χ4v) is 3.35. The number of amides is 2. The van der Waals surface area contributed by atoms with Crippen LogP contribution in [0.5, 0.6) is 5.75 Å². The maximum Gasteiger partial charge on any atom is 0.258 e. The topological polar surface area (TPSA) is 70.7 Å². The third kappa shape index (κ3) is 7.15. The summed E-state index contributed by atoms with van der Waals surface area (Å²) in [6.45, 7) is 4.87. The van der Waals surface area contributed by atoms with Crippen LogP contribution in [0.1, 0.15) is 41.0 Å². The van der Waals surface area contributed by atoms with E-state index in [2.05, 4.69) is 24.5 Å². The first-order chi connectivity index (χ1) is 16.3. The normalized spacial score (nSPS) is 10.5. The summed E-state index contributed by atoms with van der Waals surface area (Å²) in [5, 5.41) is 5.81. The Morgan fingerprint density at radius 3 is 2.32 bits per heavy atom. The van der Waals surface area contributed by atoms with E-state index in [-0.39, 0.29) is 16.9 Å². The van der Waals surface area contributed by atoms with Crippen LogP contribution in [0, 0.1) is 5.92 Å². The highest BCUT2D eigenvalue weighted by atomic mass is 32.1. The molecule has 0 aliphatic carbocycles. The summed E-state index contributed by atoms with van der Waals surface area (Å²) in [5.74, 6) is 0.743. The first-order valence-electron chi connectivity index (χ1n) is 11.1. The number of para-hydroxylation sites is 1. The van der Waals surface area contributed by atoms with E-state index < -0.39 is 0 Å². The van der Waals surface area contributed by atoms with Crippen molar-refractivity contribution in [3.05, 3.63) is 90.0 Å². The van der Waals surface area contributed by atoms with Gasteiger partial charge in [0.25, 0.3) is 11.8 Å². The number of anilines is 2. The van der Waals surface area contributed by atoms with Gasteiger partial charge in [0.2, 0.25) is 0 Å². The van der Waals surface area contributed by atoms with Gasteiger partial charge in [-0.1, -0.05) is 38.1 Å². The highest BCUT2D eigenvalue weighted by Crippen LogP contribution is 2.17. The summed E-state index contributed by atoms with van der Waals surface area (Å²) in [6, 6.07) is 23.4. The van der Waals surface area contributed by atoms with Crippen LogP contribution in [0.3, 0.4) is 0 Å². The van der Waals surface area contributed by atoms with Gasteiger partial charge in [0.15, 0.2) is 5.11 Å². The molecule has 0 saturated carbocycles. The van der Waals surface area contributed by atoms with Gasteiger partial charge in [-0.15, -0.1) is 0 Å². The Morgan fingerprint density at radius 1 is 0.941 bits per heavy atom. The van der Waals surface area contributed by atoms with Gasteiger partial charge in [0, 0.05) is 29.5 Å². The van der Waals surface area contributed by atoms with Crippen LogP contribution in [-0.2, 0) is 0 Å². The van der Waals surface area contributed by atoms with Crippen LogP contribution < -0.4 is 20.3 Å². The van der Waals surface area contributed by atoms with Crippen molar-refractivity contribution >= 4 is 40.5 Å². The third-order valence-corrected chi connectivity index (χ3v) is 5.33. The van der Waals surface area contributed by atoms with Crippen molar-refractivity contribution in [3.63, 3.8) is 0 Å². The molecule has 0 aliphatic rings. The minimum absolute atomic E-state index is 0.121. The highest BCUT2D eigenvalue weighted by molar-refractivity contribution is 7.80. The highest BCUT2D eigenvalue weighted by Gasteiger charge is 2.14. The molecule has 0 aromatic heterocycles. The van der Waals surface area contributed by atoms with Gasteiger partial charge < -0.3 is 15.0 Å². The smallest absolute Gasteiger partial charge is 0.258 e. The van der Waals surface area contributed by atoms with Gasteiger partial charge in [0.05, 0.1) is 6.61 Å². The Labute approximate surface area is 205 Å². The summed E-state index contributed by atoms with van der Waals surface area (Å²) < 4.78 is 5.72. The van der Waals surface area contributed by atoms with E-state index in [1.54, 1.807) is 54.4 Å². The van der Waals surface area contributed by atoms with Gasteiger partial charge >= 0.3 is 0 Å². The lowest BCUT2D eigenvalue weighted by atomic mass is 10.1. The van der Waals surface area contributed by atoms with E-state index in [1.807, 2.05) is 36.4 Å². The molecule has 3 aromatic rings. The molecule has 0 heterocycles. The summed E-state index contributed by atoms with van der Waals surface area (Å²) in [5.41, 5.74) is 2.47. The average Bonchev–Trinajstić information content (AvgIpc) is 2.84. The lowest BCUT2D eigenvalue weighted by molar-refractivity contribution is 0.0974. The molecular formula is C27H29N3O3S. The number of nitrogens with zero attached hydrogens (tertiary/aromatic N) is 1. The number of benzene rings is 3. The SMILES string of the molecule is CC(C)CCOc1cccc(C(=O)NC(=S)Nc2ccc(C(=O)N(C)c3ccccc3)cc2)c1. The number of thiocarbonyl (C=S) groups is 1. The second-order valence-corrected chi connectivity index (χ2v) is 8.65. The Morgan fingerprint density at radius 2 is 1.65 bits per heavy atom. The van der Waals surface area contributed by atoms with Gasteiger partial charge in [-0.3, -0.25) is 14.9 Å². The Kier molecular flexibility index (Phi) is 8.76. The minimum Gasteiger partial charge on any atom is -0.494 e. The van der Waals surface area contributed by atoms with E-state index in [0.29, 0.717) is 35.1 Å². The molecule has 0 saturated heterocycles. The van der Waals surface area contributed by atoms with Gasteiger partial charge in [-0.25, -0.2) is 0 Å². The Balaban J connectivity index is 1.55. The monoisotopic (exact) mass is 475 g/mol. The molecule has 0 fully saturated rings. The number of hydrogen-bond donors (Lipinski definition) is 2. The van der Waals surface area contributed by atoms with Crippen molar-refractivity contribution in [1.29, 1.82) is 0 Å². The lowest BCUT2D eigenvalue weighted by Gasteiger charge is -2.17. The van der Waals surface area contributed by atoms with Crippen molar-refractivity contribution in [2.45, 2.75) is 20.3 Å².